The Morgan fingerprint density at radius 3 is 2.69 bits per heavy atom. The predicted octanol–water partition coefficient (Wildman–Crippen LogP) is 5.48. The van der Waals surface area contributed by atoms with Crippen molar-refractivity contribution in [2.24, 2.45) is 0 Å². The molecule has 0 radical (unpaired) electrons. The molecule has 2 aromatic rings. The molecular weight excluding hydrogens is 388 g/mol. The zero-order valence-electron chi connectivity index (χ0n) is 16.6. The summed E-state index contributed by atoms with van der Waals surface area (Å²) < 4.78 is 38.9. The maximum absolute atomic E-state index is 13.6. The van der Waals surface area contributed by atoms with Gasteiger partial charge in [0.25, 0.3) is 0 Å². The van der Waals surface area contributed by atoms with Crippen molar-refractivity contribution in [1.82, 2.24) is 10.0 Å². The average molecular weight is 416 g/mol. The van der Waals surface area contributed by atoms with Gasteiger partial charge in [0.2, 0.25) is 0 Å². The molecule has 154 valence electrons. The first-order valence-corrected chi connectivity index (χ1v) is 11.1. The molecule has 0 bridgehead atoms. The van der Waals surface area contributed by atoms with Crippen LogP contribution in [0.3, 0.4) is 0 Å². The van der Waals surface area contributed by atoms with E-state index in [1.54, 1.807) is 6.07 Å². The molecule has 1 aliphatic heterocycles. The minimum Gasteiger partial charge on any atom is -0.393 e. The normalized spacial score (nSPS) is 22.6. The van der Waals surface area contributed by atoms with Crippen LogP contribution >= 0.6 is 0 Å². The molecule has 2 atom stereocenters. The van der Waals surface area contributed by atoms with Crippen LogP contribution in [-0.2, 0) is 17.3 Å². The van der Waals surface area contributed by atoms with Gasteiger partial charge in [0, 0.05) is 19.3 Å². The smallest absolute Gasteiger partial charge is 0.159 e. The lowest BCUT2D eigenvalue weighted by Gasteiger charge is -2.16. The van der Waals surface area contributed by atoms with Gasteiger partial charge in [-0.2, -0.15) is 0 Å². The van der Waals surface area contributed by atoms with Gasteiger partial charge in [-0.15, -0.1) is 0 Å². The molecule has 0 aliphatic carbocycles. The monoisotopic (exact) mass is 415 g/mol. The molecular formula is C23H27F2N3S. The largest absolute Gasteiger partial charge is 0.393 e. The molecule has 2 unspecified atom stereocenters. The second-order valence-electron chi connectivity index (χ2n) is 7.18. The third kappa shape index (κ3) is 6.08. The summed E-state index contributed by atoms with van der Waals surface area (Å²) in [5, 5.41) is 3.02. The third-order valence-corrected chi connectivity index (χ3v) is 6.39. The zero-order chi connectivity index (χ0) is 20.6. The van der Waals surface area contributed by atoms with E-state index in [1.165, 1.54) is 11.6 Å². The Morgan fingerprint density at radius 2 is 1.97 bits per heavy atom. The van der Waals surface area contributed by atoms with Crippen LogP contribution < -0.4 is 10.0 Å². The summed E-state index contributed by atoms with van der Waals surface area (Å²) in [4.78, 5) is 0.864. The molecule has 29 heavy (non-hydrogen) atoms. The van der Waals surface area contributed by atoms with E-state index in [4.69, 9.17) is 4.78 Å². The predicted molar refractivity (Wildman–Crippen MR) is 117 cm³/mol. The van der Waals surface area contributed by atoms with Crippen molar-refractivity contribution in [1.29, 1.82) is 4.78 Å². The topological polar surface area (TPSA) is 47.9 Å². The van der Waals surface area contributed by atoms with Crippen molar-refractivity contribution in [2.75, 3.05) is 7.05 Å². The fourth-order valence-corrected chi connectivity index (χ4v) is 4.86. The number of rotatable bonds is 6. The van der Waals surface area contributed by atoms with E-state index in [-0.39, 0.29) is 6.04 Å². The molecule has 1 aliphatic rings. The van der Waals surface area contributed by atoms with E-state index in [0.717, 1.165) is 48.6 Å². The molecule has 0 amide bonds. The Bertz CT molecular complexity index is 910. The number of allylic oxidation sites excluding steroid dienone is 1. The highest BCUT2D eigenvalue weighted by atomic mass is 32.2. The van der Waals surface area contributed by atoms with Crippen molar-refractivity contribution >= 4 is 17.0 Å². The Labute approximate surface area is 174 Å². The second-order valence-corrected chi connectivity index (χ2v) is 8.47. The highest BCUT2D eigenvalue weighted by Crippen LogP contribution is 2.28. The van der Waals surface area contributed by atoms with Crippen LogP contribution in [0.1, 0.15) is 36.8 Å². The zero-order valence-corrected chi connectivity index (χ0v) is 17.4. The summed E-state index contributed by atoms with van der Waals surface area (Å²) in [5.41, 5.74) is 2.93. The minimum atomic E-state index is -0.874. The first-order valence-electron chi connectivity index (χ1n) is 9.86. The second kappa shape index (κ2) is 10.5. The van der Waals surface area contributed by atoms with E-state index < -0.39 is 22.5 Å². The molecule has 2 aromatic carbocycles. The van der Waals surface area contributed by atoms with Crippen LogP contribution in [0.25, 0.3) is 6.08 Å². The van der Waals surface area contributed by atoms with Crippen LogP contribution in [0, 0.1) is 16.4 Å². The fourth-order valence-electron chi connectivity index (χ4n) is 3.50. The minimum absolute atomic E-state index is 0.260. The average Bonchev–Trinajstić information content (AvgIpc) is 2.85. The number of benzene rings is 2. The van der Waals surface area contributed by atoms with E-state index in [0.29, 0.717) is 5.56 Å². The molecule has 3 rings (SSSR count). The van der Waals surface area contributed by atoms with Gasteiger partial charge in [-0.3, -0.25) is 4.78 Å². The molecule has 3 N–H and O–H groups in total. The maximum Gasteiger partial charge on any atom is 0.159 e. The molecule has 1 fully saturated rings. The molecule has 3 nitrogen and oxygen atoms in total. The fraction of sp³-hybridized carbons (Fsp3) is 0.304. The van der Waals surface area contributed by atoms with E-state index in [1.807, 2.05) is 25.4 Å². The Hall–Kier alpha value is -2.31. The number of halogens is 2. The van der Waals surface area contributed by atoms with Crippen molar-refractivity contribution in [2.45, 2.75) is 38.1 Å². The Balaban J connectivity index is 1.71. The van der Waals surface area contributed by atoms with Crippen LogP contribution in [0.4, 0.5) is 8.78 Å². The van der Waals surface area contributed by atoms with Gasteiger partial charge >= 0.3 is 0 Å². The van der Waals surface area contributed by atoms with Crippen LogP contribution in [0.2, 0.25) is 0 Å². The maximum atomic E-state index is 13.6. The summed E-state index contributed by atoms with van der Waals surface area (Å²) in [6.45, 7) is 0. The lowest BCUT2D eigenvalue weighted by atomic mass is 9.98. The van der Waals surface area contributed by atoms with Gasteiger partial charge in [0.05, 0.1) is 4.91 Å². The third-order valence-electron chi connectivity index (χ3n) is 5.00. The number of hydrogen-bond donors (Lipinski definition) is 3. The molecule has 1 heterocycles. The van der Waals surface area contributed by atoms with E-state index in [9.17, 15) is 8.78 Å². The molecule has 0 saturated carbocycles. The van der Waals surface area contributed by atoms with Crippen molar-refractivity contribution < 1.29 is 8.78 Å². The number of hydrogen-bond acceptors (Lipinski definition) is 2. The summed E-state index contributed by atoms with van der Waals surface area (Å²) in [6.07, 6.45) is 8.50. The van der Waals surface area contributed by atoms with Crippen LogP contribution in [-0.4, -0.2) is 13.1 Å². The summed E-state index contributed by atoms with van der Waals surface area (Å²) in [6, 6.07) is 14.6. The van der Waals surface area contributed by atoms with E-state index in [2.05, 4.69) is 34.3 Å². The summed E-state index contributed by atoms with van der Waals surface area (Å²) in [5.74, 6) is -1.70. The van der Waals surface area contributed by atoms with Crippen LogP contribution in [0.15, 0.2) is 65.2 Å². The van der Waals surface area contributed by atoms with Crippen molar-refractivity contribution in [3.63, 3.8) is 0 Å². The SMILES string of the molecule is CNC=C1/C(=C/c2ccc(F)c(F)c2)CCC(CCCc2ccccc2)NS1=N. The van der Waals surface area contributed by atoms with Crippen molar-refractivity contribution in [3.05, 3.63) is 88.0 Å². The lowest BCUT2D eigenvalue weighted by molar-refractivity contribution is 0.508. The van der Waals surface area contributed by atoms with Crippen LogP contribution in [0.5, 0.6) is 0 Å². The Morgan fingerprint density at radius 1 is 1.17 bits per heavy atom. The van der Waals surface area contributed by atoms with Gasteiger partial charge in [-0.1, -0.05) is 42.5 Å². The Kier molecular flexibility index (Phi) is 7.72. The molecule has 0 aromatic heterocycles. The highest BCUT2D eigenvalue weighted by Gasteiger charge is 2.21. The van der Waals surface area contributed by atoms with Gasteiger partial charge in [-0.25, -0.2) is 13.5 Å². The quantitative estimate of drug-likeness (QED) is 0.585. The van der Waals surface area contributed by atoms with Crippen molar-refractivity contribution in [3.8, 4) is 0 Å². The first-order chi connectivity index (χ1) is 14.1. The van der Waals surface area contributed by atoms with E-state index >= 15 is 0 Å². The molecule has 6 heteroatoms. The van der Waals surface area contributed by atoms with Gasteiger partial charge in [-0.05, 0) is 71.8 Å². The molecule has 1 saturated heterocycles. The summed E-state index contributed by atoms with van der Waals surface area (Å²) in [7, 11) is 0.933. The standard InChI is InChI=1S/C23H27F2N3S/c1-27-16-23-19(14-18-10-13-21(24)22(25)15-18)11-12-20(28-29(23)26)9-5-8-17-6-3-2-4-7-17/h2-4,6-7,10,13-16,20,27H,5,8-9,11-12H2,1H3,(H2,26,28)/b19-14+,23-16?. The van der Waals surface area contributed by atoms with Gasteiger partial charge < -0.3 is 5.32 Å². The lowest BCUT2D eigenvalue weighted by Crippen LogP contribution is -2.29. The van der Waals surface area contributed by atoms with Gasteiger partial charge in [0.15, 0.2) is 11.6 Å². The number of aryl methyl sites for hydroxylation is 1. The first kappa shape index (κ1) is 21.4. The molecule has 0 spiro atoms. The number of nitrogens with one attached hydrogen (secondary N) is 3. The van der Waals surface area contributed by atoms with Gasteiger partial charge in [0.1, 0.15) is 0 Å². The highest BCUT2D eigenvalue weighted by molar-refractivity contribution is 7.88. The summed E-state index contributed by atoms with van der Waals surface area (Å²) >= 11 is 0.